The maximum absolute atomic E-state index is 5.66. The highest BCUT2D eigenvalue weighted by Crippen LogP contribution is 2.27. The third-order valence-electron chi connectivity index (χ3n) is 3.17. The van der Waals surface area contributed by atoms with Crippen LogP contribution in [0.3, 0.4) is 0 Å². The number of aromatic nitrogens is 3. The lowest BCUT2D eigenvalue weighted by atomic mass is 10.1. The average Bonchev–Trinajstić information content (AvgIpc) is 3.06. The summed E-state index contributed by atoms with van der Waals surface area (Å²) in [6, 6.07) is 0. The molecule has 0 aliphatic carbocycles. The van der Waals surface area contributed by atoms with Crippen molar-refractivity contribution in [1.29, 1.82) is 0 Å². The first-order valence-electron chi connectivity index (χ1n) is 6.37. The second-order valence-electron chi connectivity index (χ2n) is 4.71. The Labute approximate surface area is 116 Å². The molecule has 0 saturated carbocycles. The van der Waals surface area contributed by atoms with Crippen LogP contribution in [0, 0.1) is 12.8 Å². The van der Waals surface area contributed by atoms with E-state index in [1.165, 1.54) is 4.88 Å². The van der Waals surface area contributed by atoms with Crippen LogP contribution in [0.15, 0.2) is 24.8 Å². The van der Waals surface area contributed by atoms with E-state index < -0.39 is 0 Å². The molecule has 1 fully saturated rings. The first-order chi connectivity index (χ1) is 9.31. The van der Waals surface area contributed by atoms with Crippen molar-refractivity contribution in [1.82, 2.24) is 15.0 Å². The lowest BCUT2D eigenvalue weighted by molar-refractivity contribution is 0.251. The number of aryl methyl sites for hydroxylation is 1. The molecule has 3 heterocycles. The van der Waals surface area contributed by atoms with Gasteiger partial charge in [-0.2, -0.15) is 0 Å². The summed E-state index contributed by atoms with van der Waals surface area (Å²) in [6.45, 7) is 4.85. The predicted octanol–water partition coefficient (Wildman–Crippen LogP) is 2.15. The van der Waals surface area contributed by atoms with Gasteiger partial charge in [0.05, 0.1) is 12.8 Å². The summed E-state index contributed by atoms with van der Waals surface area (Å²) >= 11 is 1.75. The van der Waals surface area contributed by atoms with Crippen molar-refractivity contribution in [2.75, 3.05) is 24.6 Å². The molecule has 1 aliphatic heterocycles. The fourth-order valence-corrected chi connectivity index (χ4v) is 2.99. The van der Waals surface area contributed by atoms with Crippen LogP contribution in [0.2, 0.25) is 0 Å². The van der Waals surface area contributed by atoms with Crippen molar-refractivity contribution in [3.63, 3.8) is 0 Å². The van der Waals surface area contributed by atoms with E-state index in [1.54, 1.807) is 29.9 Å². The summed E-state index contributed by atoms with van der Waals surface area (Å²) in [5.41, 5.74) is 0. The number of anilines is 1. The molecular formula is C13H16N4OS. The number of hydrogen-bond acceptors (Lipinski definition) is 6. The topological polar surface area (TPSA) is 51.1 Å². The summed E-state index contributed by atoms with van der Waals surface area (Å²) in [5, 5.41) is 1.12. The molecule has 0 bridgehead atoms. The van der Waals surface area contributed by atoms with Crippen molar-refractivity contribution in [2.45, 2.75) is 13.3 Å². The van der Waals surface area contributed by atoms with Crippen LogP contribution in [0.5, 0.6) is 5.88 Å². The standard InChI is InChI=1S/C13H16N4OS/c1-10-6-16-13(19-10)17-5-2-11(8-17)9-18-12-7-14-3-4-15-12/h3-4,6-7,11H,2,5,8-9H2,1H3. The summed E-state index contributed by atoms with van der Waals surface area (Å²) in [6.07, 6.45) is 8.02. The highest BCUT2D eigenvalue weighted by molar-refractivity contribution is 7.15. The van der Waals surface area contributed by atoms with Gasteiger partial charge in [0, 0.05) is 42.5 Å². The molecule has 1 atom stereocenters. The molecule has 5 nitrogen and oxygen atoms in total. The van der Waals surface area contributed by atoms with Crippen molar-refractivity contribution in [2.24, 2.45) is 5.92 Å². The number of nitrogens with zero attached hydrogens (tertiary/aromatic N) is 4. The molecule has 2 aromatic rings. The van der Waals surface area contributed by atoms with E-state index in [-0.39, 0.29) is 0 Å². The molecule has 1 saturated heterocycles. The van der Waals surface area contributed by atoms with Gasteiger partial charge in [0.1, 0.15) is 0 Å². The van der Waals surface area contributed by atoms with Crippen LogP contribution in [0.25, 0.3) is 0 Å². The molecule has 1 unspecified atom stereocenters. The Bertz CT molecular complexity index is 530. The normalized spacial score (nSPS) is 18.8. The second-order valence-corrected chi connectivity index (χ2v) is 5.92. The van der Waals surface area contributed by atoms with Crippen molar-refractivity contribution in [3.8, 4) is 5.88 Å². The minimum absolute atomic E-state index is 0.534. The van der Waals surface area contributed by atoms with Gasteiger partial charge >= 0.3 is 0 Å². The van der Waals surface area contributed by atoms with Gasteiger partial charge in [-0.15, -0.1) is 11.3 Å². The monoisotopic (exact) mass is 276 g/mol. The van der Waals surface area contributed by atoms with Crippen LogP contribution in [0.4, 0.5) is 5.13 Å². The zero-order valence-corrected chi connectivity index (χ0v) is 11.6. The molecule has 0 radical (unpaired) electrons. The third kappa shape index (κ3) is 3.01. The highest BCUT2D eigenvalue weighted by Gasteiger charge is 2.25. The van der Waals surface area contributed by atoms with Crippen LogP contribution in [0.1, 0.15) is 11.3 Å². The molecular weight excluding hydrogens is 260 g/mol. The Hall–Kier alpha value is -1.69. The first kappa shape index (κ1) is 12.3. The minimum atomic E-state index is 0.534. The maximum atomic E-state index is 5.66. The molecule has 6 heteroatoms. The van der Waals surface area contributed by atoms with Crippen molar-refractivity contribution < 1.29 is 4.74 Å². The molecule has 0 amide bonds. The van der Waals surface area contributed by atoms with E-state index in [9.17, 15) is 0 Å². The van der Waals surface area contributed by atoms with Gasteiger partial charge in [-0.25, -0.2) is 9.97 Å². The van der Waals surface area contributed by atoms with E-state index in [0.717, 1.165) is 24.6 Å². The van der Waals surface area contributed by atoms with Crippen LogP contribution >= 0.6 is 11.3 Å². The van der Waals surface area contributed by atoms with Crippen molar-refractivity contribution in [3.05, 3.63) is 29.7 Å². The number of rotatable bonds is 4. The van der Waals surface area contributed by atoms with Gasteiger partial charge in [-0.1, -0.05) is 0 Å². The second kappa shape index (κ2) is 5.52. The Kier molecular flexibility index (Phi) is 3.59. The number of thiazole rings is 1. The summed E-state index contributed by atoms with van der Waals surface area (Å²) in [5.74, 6) is 1.14. The van der Waals surface area contributed by atoms with Gasteiger partial charge in [-0.3, -0.25) is 4.98 Å². The molecule has 0 N–H and O–H groups in total. The van der Waals surface area contributed by atoms with Gasteiger partial charge < -0.3 is 9.64 Å². The largest absolute Gasteiger partial charge is 0.476 e. The molecule has 0 spiro atoms. The highest BCUT2D eigenvalue weighted by atomic mass is 32.1. The maximum Gasteiger partial charge on any atom is 0.232 e. The third-order valence-corrected chi connectivity index (χ3v) is 4.15. The van der Waals surface area contributed by atoms with Gasteiger partial charge in [0.15, 0.2) is 5.13 Å². The van der Waals surface area contributed by atoms with Crippen LogP contribution < -0.4 is 9.64 Å². The van der Waals surface area contributed by atoms with Crippen molar-refractivity contribution >= 4 is 16.5 Å². The van der Waals surface area contributed by atoms with Gasteiger partial charge in [0.25, 0.3) is 0 Å². The quantitative estimate of drug-likeness (QED) is 0.856. The number of hydrogen-bond donors (Lipinski definition) is 0. The summed E-state index contributed by atoms with van der Waals surface area (Å²) < 4.78 is 5.66. The van der Waals surface area contributed by atoms with E-state index in [0.29, 0.717) is 18.4 Å². The lowest BCUT2D eigenvalue weighted by Crippen LogP contribution is -2.21. The molecule has 100 valence electrons. The van der Waals surface area contributed by atoms with Crippen LogP contribution in [-0.4, -0.2) is 34.6 Å². The summed E-state index contributed by atoms with van der Waals surface area (Å²) in [7, 11) is 0. The number of ether oxygens (including phenoxy) is 1. The molecule has 2 aromatic heterocycles. The zero-order valence-electron chi connectivity index (χ0n) is 10.8. The first-order valence-corrected chi connectivity index (χ1v) is 7.19. The SMILES string of the molecule is Cc1cnc(N2CCC(COc3cnccn3)C2)s1. The Morgan fingerprint density at radius 3 is 3.05 bits per heavy atom. The van der Waals surface area contributed by atoms with E-state index in [1.807, 2.05) is 6.20 Å². The Balaban J connectivity index is 1.52. The smallest absolute Gasteiger partial charge is 0.232 e. The van der Waals surface area contributed by atoms with Gasteiger partial charge in [0.2, 0.25) is 5.88 Å². The molecule has 19 heavy (non-hydrogen) atoms. The average molecular weight is 276 g/mol. The molecule has 3 rings (SSSR count). The Morgan fingerprint density at radius 1 is 1.37 bits per heavy atom. The van der Waals surface area contributed by atoms with E-state index in [4.69, 9.17) is 4.74 Å². The fraction of sp³-hybridized carbons (Fsp3) is 0.462. The van der Waals surface area contributed by atoms with E-state index >= 15 is 0 Å². The lowest BCUT2D eigenvalue weighted by Gasteiger charge is -2.15. The predicted molar refractivity (Wildman–Crippen MR) is 74.7 cm³/mol. The molecule has 0 aromatic carbocycles. The van der Waals surface area contributed by atoms with E-state index in [2.05, 4.69) is 26.8 Å². The summed E-state index contributed by atoms with van der Waals surface area (Å²) in [4.78, 5) is 16.1. The fourth-order valence-electron chi connectivity index (χ4n) is 2.19. The van der Waals surface area contributed by atoms with Crippen LogP contribution in [-0.2, 0) is 0 Å². The van der Waals surface area contributed by atoms with Gasteiger partial charge in [-0.05, 0) is 13.3 Å². The minimum Gasteiger partial charge on any atom is -0.476 e. The Morgan fingerprint density at radius 2 is 2.32 bits per heavy atom. The zero-order chi connectivity index (χ0) is 13.1. The molecule has 1 aliphatic rings.